The van der Waals surface area contributed by atoms with Gasteiger partial charge in [-0.05, 0) is 65.5 Å². The van der Waals surface area contributed by atoms with Crippen LogP contribution in [0.4, 0.5) is 5.69 Å². The predicted octanol–water partition coefficient (Wildman–Crippen LogP) is 3.30. The standard InChI is InChI=1S/C17H16BrN3O2/c1-10-2-5-14(13(18)8-10)21-16(22)11-6-7-19-15(9-11)17(23)20-12-3-4-12/h2,5-9,12H,3-4H2,1H3,(H,20,23)(H,21,22). The van der Waals surface area contributed by atoms with Crippen molar-refractivity contribution in [3.63, 3.8) is 0 Å². The smallest absolute Gasteiger partial charge is 0.270 e. The highest BCUT2D eigenvalue weighted by Gasteiger charge is 2.24. The van der Waals surface area contributed by atoms with Crippen LogP contribution in [0.25, 0.3) is 0 Å². The quantitative estimate of drug-likeness (QED) is 0.863. The molecule has 0 radical (unpaired) electrons. The highest BCUT2D eigenvalue weighted by molar-refractivity contribution is 9.10. The molecular formula is C17H16BrN3O2. The highest BCUT2D eigenvalue weighted by atomic mass is 79.9. The maximum atomic E-state index is 12.4. The molecule has 2 amide bonds. The van der Waals surface area contributed by atoms with Crippen LogP contribution < -0.4 is 10.6 Å². The van der Waals surface area contributed by atoms with E-state index >= 15 is 0 Å². The molecule has 1 saturated carbocycles. The molecule has 1 aromatic carbocycles. The maximum absolute atomic E-state index is 12.4. The van der Waals surface area contributed by atoms with E-state index in [0.717, 1.165) is 22.9 Å². The molecule has 1 fully saturated rings. The van der Waals surface area contributed by atoms with Crippen LogP contribution in [0.1, 0.15) is 39.3 Å². The number of carbonyl (C=O) groups is 2. The van der Waals surface area contributed by atoms with Crippen molar-refractivity contribution in [3.8, 4) is 0 Å². The number of amides is 2. The van der Waals surface area contributed by atoms with Gasteiger partial charge in [0.1, 0.15) is 5.69 Å². The van der Waals surface area contributed by atoms with Gasteiger partial charge in [0.25, 0.3) is 11.8 Å². The summed E-state index contributed by atoms with van der Waals surface area (Å²) in [6.45, 7) is 1.98. The van der Waals surface area contributed by atoms with Crippen LogP contribution in [0.3, 0.4) is 0 Å². The van der Waals surface area contributed by atoms with Crippen molar-refractivity contribution in [2.75, 3.05) is 5.32 Å². The lowest BCUT2D eigenvalue weighted by molar-refractivity contribution is 0.0946. The molecule has 0 atom stereocenters. The van der Waals surface area contributed by atoms with Crippen molar-refractivity contribution in [2.45, 2.75) is 25.8 Å². The van der Waals surface area contributed by atoms with Gasteiger partial charge in [0.05, 0.1) is 5.69 Å². The molecule has 0 spiro atoms. The summed E-state index contributed by atoms with van der Waals surface area (Å²) >= 11 is 3.43. The van der Waals surface area contributed by atoms with Gasteiger partial charge in [-0.15, -0.1) is 0 Å². The summed E-state index contributed by atoms with van der Waals surface area (Å²) in [5.41, 5.74) is 2.43. The molecule has 2 N–H and O–H groups in total. The number of rotatable bonds is 4. The zero-order valence-corrected chi connectivity index (χ0v) is 14.2. The average Bonchev–Trinajstić information content (AvgIpc) is 3.34. The Balaban J connectivity index is 1.75. The molecule has 2 aromatic rings. The lowest BCUT2D eigenvalue weighted by Gasteiger charge is -2.09. The number of pyridine rings is 1. The van der Waals surface area contributed by atoms with Crippen LogP contribution >= 0.6 is 15.9 Å². The fraction of sp³-hybridized carbons (Fsp3) is 0.235. The Kier molecular flexibility index (Phi) is 4.43. The lowest BCUT2D eigenvalue weighted by atomic mass is 10.2. The summed E-state index contributed by atoms with van der Waals surface area (Å²) in [4.78, 5) is 28.4. The fourth-order valence-electron chi connectivity index (χ4n) is 2.10. The van der Waals surface area contributed by atoms with Gasteiger partial charge >= 0.3 is 0 Å². The fourth-order valence-corrected chi connectivity index (χ4v) is 2.69. The normalized spacial score (nSPS) is 13.5. The first-order valence-electron chi connectivity index (χ1n) is 7.37. The number of hydrogen-bond donors (Lipinski definition) is 2. The first kappa shape index (κ1) is 15.7. The SMILES string of the molecule is Cc1ccc(NC(=O)c2ccnc(C(=O)NC3CC3)c2)c(Br)c1. The molecule has 0 aliphatic heterocycles. The molecule has 118 valence electrons. The van der Waals surface area contributed by atoms with Crippen molar-refractivity contribution in [3.05, 3.63) is 57.8 Å². The Morgan fingerprint density at radius 3 is 2.65 bits per heavy atom. The summed E-state index contributed by atoms with van der Waals surface area (Å²) in [5.74, 6) is -0.518. The Bertz CT molecular complexity index is 772. The first-order chi connectivity index (χ1) is 11.0. The van der Waals surface area contributed by atoms with Crippen LogP contribution in [0.5, 0.6) is 0 Å². The lowest BCUT2D eigenvalue weighted by Crippen LogP contribution is -2.26. The number of hydrogen-bond acceptors (Lipinski definition) is 3. The average molecular weight is 374 g/mol. The largest absolute Gasteiger partial charge is 0.348 e. The molecule has 1 aromatic heterocycles. The van der Waals surface area contributed by atoms with Gasteiger partial charge in [-0.25, -0.2) is 0 Å². The number of anilines is 1. The molecule has 6 heteroatoms. The van der Waals surface area contributed by atoms with Gasteiger partial charge in [-0.2, -0.15) is 0 Å². The predicted molar refractivity (Wildman–Crippen MR) is 91.6 cm³/mol. The maximum Gasteiger partial charge on any atom is 0.270 e. The van der Waals surface area contributed by atoms with Crippen LogP contribution in [0.2, 0.25) is 0 Å². The van der Waals surface area contributed by atoms with Gasteiger partial charge < -0.3 is 10.6 Å². The van der Waals surface area contributed by atoms with E-state index in [4.69, 9.17) is 0 Å². The molecule has 1 aliphatic rings. The van der Waals surface area contributed by atoms with E-state index in [0.29, 0.717) is 11.3 Å². The topological polar surface area (TPSA) is 71.1 Å². The molecular weight excluding hydrogens is 358 g/mol. The number of nitrogens with one attached hydrogen (secondary N) is 2. The van der Waals surface area contributed by atoms with Crippen molar-refractivity contribution in [1.82, 2.24) is 10.3 Å². The molecule has 1 aliphatic carbocycles. The summed E-state index contributed by atoms with van der Waals surface area (Å²) in [6, 6.07) is 9.03. The second kappa shape index (κ2) is 6.50. The minimum absolute atomic E-state index is 0.237. The molecule has 0 unspecified atom stereocenters. The number of nitrogens with zero attached hydrogens (tertiary/aromatic N) is 1. The van der Waals surface area contributed by atoms with E-state index in [-0.39, 0.29) is 23.6 Å². The molecule has 1 heterocycles. The van der Waals surface area contributed by atoms with E-state index in [1.807, 2.05) is 25.1 Å². The van der Waals surface area contributed by atoms with Crippen LogP contribution in [0, 0.1) is 6.92 Å². The summed E-state index contributed by atoms with van der Waals surface area (Å²) in [7, 11) is 0. The molecule has 0 bridgehead atoms. The van der Waals surface area contributed by atoms with Gasteiger partial charge in [0.15, 0.2) is 0 Å². The monoisotopic (exact) mass is 373 g/mol. The van der Waals surface area contributed by atoms with Crippen molar-refractivity contribution >= 4 is 33.4 Å². The highest BCUT2D eigenvalue weighted by Crippen LogP contribution is 2.24. The molecule has 0 saturated heterocycles. The van der Waals surface area contributed by atoms with E-state index in [1.54, 1.807) is 6.07 Å². The Labute approximate surface area is 142 Å². The zero-order valence-electron chi connectivity index (χ0n) is 12.6. The molecule has 5 nitrogen and oxygen atoms in total. The minimum Gasteiger partial charge on any atom is -0.348 e. The van der Waals surface area contributed by atoms with Crippen molar-refractivity contribution in [1.29, 1.82) is 0 Å². The summed E-state index contributed by atoms with van der Waals surface area (Å²) < 4.78 is 0.812. The summed E-state index contributed by atoms with van der Waals surface area (Å²) in [6.07, 6.45) is 3.49. The van der Waals surface area contributed by atoms with E-state index in [1.165, 1.54) is 12.3 Å². The van der Waals surface area contributed by atoms with Gasteiger partial charge in [-0.1, -0.05) is 6.07 Å². The van der Waals surface area contributed by atoms with Crippen molar-refractivity contribution < 1.29 is 9.59 Å². The number of carbonyl (C=O) groups excluding carboxylic acids is 2. The Morgan fingerprint density at radius 2 is 1.96 bits per heavy atom. The third-order valence-corrected chi connectivity index (χ3v) is 4.20. The second-order valence-corrected chi connectivity index (χ2v) is 6.47. The van der Waals surface area contributed by atoms with E-state index < -0.39 is 0 Å². The number of benzene rings is 1. The van der Waals surface area contributed by atoms with Gasteiger partial charge in [0.2, 0.25) is 0 Å². The van der Waals surface area contributed by atoms with Crippen molar-refractivity contribution in [2.24, 2.45) is 0 Å². The van der Waals surface area contributed by atoms with Crippen LogP contribution in [-0.2, 0) is 0 Å². The van der Waals surface area contributed by atoms with Gasteiger partial charge in [0, 0.05) is 22.3 Å². The van der Waals surface area contributed by atoms with Gasteiger partial charge in [-0.3, -0.25) is 14.6 Å². The second-order valence-electron chi connectivity index (χ2n) is 5.61. The molecule has 23 heavy (non-hydrogen) atoms. The number of aromatic nitrogens is 1. The van der Waals surface area contributed by atoms with Crippen LogP contribution in [0.15, 0.2) is 41.0 Å². The van der Waals surface area contributed by atoms with Crippen LogP contribution in [-0.4, -0.2) is 22.8 Å². The third-order valence-electron chi connectivity index (χ3n) is 3.54. The van der Waals surface area contributed by atoms with E-state index in [9.17, 15) is 9.59 Å². The first-order valence-corrected chi connectivity index (χ1v) is 8.16. The third kappa shape index (κ3) is 3.96. The minimum atomic E-state index is -0.280. The molecule has 3 rings (SSSR count). The number of halogens is 1. The number of aryl methyl sites for hydroxylation is 1. The Hall–Kier alpha value is -2.21. The zero-order chi connectivity index (χ0) is 16.4. The Morgan fingerprint density at radius 1 is 1.17 bits per heavy atom. The van der Waals surface area contributed by atoms with E-state index in [2.05, 4.69) is 31.5 Å². The summed E-state index contributed by atoms with van der Waals surface area (Å²) in [5, 5.41) is 5.69.